The second-order valence-corrected chi connectivity index (χ2v) is 22.6. The number of ether oxygens (including phenoxy) is 3. The second-order valence-electron chi connectivity index (χ2n) is 17.9. The Kier molecular flexibility index (Phi) is 118. The molecule has 0 heterocycles. The number of carbonyl (C=O) groups is 3. The van der Waals surface area contributed by atoms with Crippen molar-refractivity contribution in [3.8, 4) is 24.2 Å². The largest absolute Gasteiger partial charge is 1.00 e. The normalized spacial score (nSPS) is 15.4. The minimum atomic E-state index is -0.738. The molecule has 0 aliphatic heterocycles. The van der Waals surface area contributed by atoms with Gasteiger partial charge in [0.25, 0.3) is 0 Å². The Labute approximate surface area is 539 Å². The summed E-state index contributed by atoms with van der Waals surface area (Å²) >= 11 is 9.27. The third-order valence-corrected chi connectivity index (χ3v) is 10.0. The Balaban J connectivity index is -0.0000000427. The third-order valence-electron chi connectivity index (χ3n) is 9.92. The number of rotatable bonds is 10. The summed E-state index contributed by atoms with van der Waals surface area (Å²) in [5.41, 5.74) is 2.56. The van der Waals surface area contributed by atoms with Gasteiger partial charge in [0.05, 0.1) is 28.9 Å². The SMILES string of the molecule is C.C#CC.C=CC=C.CC#CC(=O)OCC.CC(C)=CCO.CC1(C)CC1CO.CC1(C)CC=CCC1CO.CC1(C)CCCCC1CO.CCOC(=O)C=C(C)C.CCOC(=O)Cl.ICI.[CH2-]CCC.[CH3-].[CH3-].[Cu+].[HH].[Li+].[Li+]. The van der Waals surface area contributed by atoms with E-state index in [-0.39, 0.29) is 91.1 Å². The fourth-order valence-corrected chi connectivity index (χ4v) is 5.34. The van der Waals surface area contributed by atoms with Crippen LogP contribution in [0.4, 0.5) is 4.79 Å². The second kappa shape index (κ2) is 81.0. The molecule has 3 rings (SSSR count). The predicted molar refractivity (Wildman–Crippen MR) is 340 cm³/mol. The van der Waals surface area contributed by atoms with Crippen LogP contribution in [-0.2, 0) is 40.9 Å². The zero-order valence-electron chi connectivity index (χ0n) is 51.1. The van der Waals surface area contributed by atoms with Gasteiger partial charge in [-0.05, 0) is 128 Å². The molecule has 0 aromatic carbocycles. The molecule has 0 amide bonds. The van der Waals surface area contributed by atoms with Crippen LogP contribution in [0.25, 0.3) is 0 Å². The monoisotopic (exact) mass is 1360 g/mol. The molecule has 2 fully saturated rings. The van der Waals surface area contributed by atoms with E-state index in [4.69, 9.17) is 32.0 Å². The number of hydrogen-bond acceptors (Lipinski definition) is 10. The van der Waals surface area contributed by atoms with Crippen molar-refractivity contribution in [1.29, 1.82) is 0 Å². The molecule has 4 N–H and O–H groups in total. The summed E-state index contributed by atoms with van der Waals surface area (Å²) in [7, 11) is 0. The molecular weight excluding hydrogens is 1250 g/mol. The molecule has 0 aromatic heterocycles. The first kappa shape index (κ1) is 111. The van der Waals surface area contributed by atoms with Gasteiger partial charge in [-0.25, -0.2) is 14.4 Å². The first-order chi connectivity index (χ1) is 32.7. The van der Waals surface area contributed by atoms with E-state index in [2.05, 4.69) is 164 Å². The van der Waals surface area contributed by atoms with Crippen molar-refractivity contribution in [3.63, 3.8) is 0 Å². The summed E-state index contributed by atoms with van der Waals surface area (Å²) in [6.07, 6.45) is 26.3. The van der Waals surface area contributed by atoms with Crippen molar-refractivity contribution in [2.75, 3.05) is 48.7 Å². The number of aliphatic hydroxyl groups is 4. The Morgan fingerprint density at radius 3 is 1.37 bits per heavy atom. The van der Waals surface area contributed by atoms with E-state index in [1.54, 1.807) is 52.8 Å². The van der Waals surface area contributed by atoms with E-state index in [0.717, 1.165) is 30.4 Å². The molecule has 3 aliphatic rings. The van der Waals surface area contributed by atoms with Gasteiger partial charge in [0.2, 0.25) is 0 Å². The average molecular weight is 1360 g/mol. The maximum Gasteiger partial charge on any atom is 1.00 e. The van der Waals surface area contributed by atoms with Crippen molar-refractivity contribution in [1.82, 2.24) is 0 Å². The van der Waals surface area contributed by atoms with Crippen molar-refractivity contribution in [2.45, 2.75) is 176 Å². The van der Waals surface area contributed by atoms with Gasteiger partial charge in [-0.15, -0.1) is 12.3 Å². The molecule has 16 heteroatoms. The minimum absolute atomic E-state index is 0. The van der Waals surface area contributed by atoms with Crippen LogP contribution in [0.2, 0.25) is 0 Å². The number of alkyl halides is 2. The van der Waals surface area contributed by atoms with Gasteiger partial charge in [-0.2, -0.15) is 6.42 Å². The van der Waals surface area contributed by atoms with E-state index in [1.165, 1.54) is 47.0 Å². The summed E-state index contributed by atoms with van der Waals surface area (Å²) in [5, 5.41) is 34.7. The summed E-state index contributed by atoms with van der Waals surface area (Å²) in [6.45, 7) is 44.4. The maximum absolute atomic E-state index is 10.6. The smallest absolute Gasteiger partial charge is 0.463 e. The number of allylic oxidation sites excluding steroid dienone is 6. The summed E-state index contributed by atoms with van der Waals surface area (Å²) in [6, 6.07) is 0. The number of aliphatic hydroxyl groups excluding tert-OH is 4. The molecule has 2 saturated carbocycles. The van der Waals surface area contributed by atoms with Crippen LogP contribution in [0.1, 0.15) is 177 Å². The number of unbranched alkanes of at least 4 members (excludes halogenated alkanes) is 1. The summed E-state index contributed by atoms with van der Waals surface area (Å²) in [4.78, 5) is 30.4. The Hall–Kier alpha value is -0.466. The average Bonchev–Trinajstić information content (AvgIpc) is 3.91. The minimum Gasteiger partial charge on any atom is -0.463 e. The molecule has 3 unspecified atom stereocenters. The molecule has 3 aliphatic carbocycles. The van der Waals surface area contributed by atoms with Crippen LogP contribution in [0.5, 0.6) is 0 Å². The molecule has 0 spiro atoms. The topological polar surface area (TPSA) is 160 Å². The van der Waals surface area contributed by atoms with Gasteiger partial charge < -0.3 is 56.4 Å². The van der Waals surface area contributed by atoms with Gasteiger partial charge >= 0.3 is 72.2 Å². The quantitative estimate of drug-likeness (QED) is 0.0135. The van der Waals surface area contributed by atoms with Gasteiger partial charge in [0, 0.05) is 44.8 Å². The summed E-state index contributed by atoms with van der Waals surface area (Å²) < 4.78 is 14.5. The van der Waals surface area contributed by atoms with E-state index < -0.39 is 11.4 Å². The van der Waals surface area contributed by atoms with Crippen LogP contribution in [-0.4, -0.2) is 86.5 Å². The molecular formula is C60H114ClCuI2Li2O10. The first-order valence-corrected chi connectivity index (χ1v) is 27.6. The number of esters is 2. The van der Waals surface area contributed by atoms with Gasteiger partial charge in [-0.3, -0.25) is 0 Å². The Bertz CT molecular complexity index is 1450. The van der Waals surface area contributed by atoms with Crippen LogP contribution in [0.3, 0.4) is 0 Å². The Morgan fingerprint density at radius 1 is 0.776 bits per heavy atom. The fraction of sp³-hybridized carbons (Fsp3) is 0.667. The molecule has 448 valence electrons. The van der Waals surface area contributed by atoms with Crippen molar-refractivity contribution in [3.05, 3.63) is 82.5 Å². The molecule has 76 heavy (non-hydrogen) atoms. The number of halogens is 3. The molecule has 0 radical (unpaired) electrons. The maximum atomic E-state index is 10.6. The first-order valence-electron chi connectivity index (χ1n) is 24.1. The predicted octanol–water partition coefficient (Wildman–Crippen LogP) is 10.8. The zero-order chi connectivity index (χ0) is 56.6. The molecule has 0 saturated heterocycles. The van der Waals surface area contributed by atoms with Crippen molar-refractivity contribution >= 4 is 74.1 Å². The van der Waals surface area contributed by atoms with Gasteiger partial charge in [0.1, 0.15) is 0 Å². The molecule has 10 nitrogen and oxygen atoms in total. The fourth-order valence-electron chi connectivity index (χ4n) is 5.23. The molecule has 3 atom stereocenters. The standard InChI is InChI=1S/C9H18O.C9H16O.C7H12O2.C6H8O2.C6H12O.C5H10O.C4H9.C4H6.C3H5ClO2.C3H4.CH2I2.CH4.2CH3.Cu.2Li.H2/c2*1-9(2)6-4-3-5-8(9)7-10;1-4-9-7(8)5-6(2)3;1-3-5-6(7)8-4-2;1-6(2)3-5(6)4-7;1-5(2)3-4-6;2*1-3-4-2;1-2-6-3(4)5;1-3-2;2-1-3;;;;;;;/h8,10H,3-7H2,1-2H3;3-4,8,10H,5-7H2,1-2H3;5H,4H2,1-3H3;4H2,1-2H3;5,7H,3-4H2,1-2H3;3,6H,4H2,1-2H3;1,3-4H2,2H3;3-4H,1-2H2;2H2,1H3;1H,2H3;1H2;1H4;2*1H3;;;;1H/q;;;;;;-1;;;;;;2*-1;3*+1;. The van der Waals surface area contributed by atoms with Crippen molar-refractivity contribution in [2.24, 2.45) is 34.0 Å². The van der Waals surface area contributed by atoms with Gasteiger partial charge in [-0.1, -0.05) is 181 Å². The van der Waals surface area contributed by atoms with E-state index in [0.29, 0.717) is 73.6 Å². The van der Waals surface area contributed by atoms with Crippen LogP contribution < -0.4 is 37.7 Å². The molecule has 0 aromatic rings. The number of carbonyl (C=O) groups excluding carboxylic acids is 3. The van der Waals surface area contributed by atoms with Crippen LogP contribution in [0, 0.1) is 80.0 Å². The zero-order valence-corrected chi connectivity index (χ0v) is 57.1. The summed E-state index contributed by atoms with van der Waals surface area (Å²) in [5.74, 6) is 7.84. The number of hydrogen-bond donors (Lipinski definition) is 4. The molecule has 0 bridgehead atoms. The van der Waals surface area contributed by atoms with Crippen molar-refractivity contribution < 1.29 is 105 Å². The van der Waals surface area contributed by atoms with Crippen LogP contribution in [0.15, 0.2) is 60.8 Å². The van der Waals surface area contributed by atoms with E-state index in [1.807, 2.05) is 27.7 Å². The number of terminal acetylenes is 1. The van der Waals surface area contributed by atoms with E-state index >= 15 is 0 Å². The Morgan fingerprint density at radius 2 is 1.18 bits per heavy atom. The van der Waals surface area contributed by atoms with Crippen LogP contribution >= 0.6 is 56.8 Å². The third kappa shape index (κ3) is 95.8. The van der Waals surface area contributed by atoms with E-state index in [9.17, 15) is 14.4 Å². The van der Waals surface area contributed by atoms with Gasteiger partial charge in [0.15, 0.2) is 0 Å².